The van der Waals surface area contributed by atoms with Crippen molar-refractivity contribution < 1.29 is 19.1 Å². The third-order valence-corrected chi connectivity index (χ3v) is 14.2. The van der Waals surface area contributed by atoms with Crippen LogP contribution in [0.5, 0.6) is 0 Å². The second kappa shape index (κ2) is 16.1. The summed E-state index contributed by atoms with van der Waals surface area (Å²) < 4.78 is 8.13. The lowest BCUT2D eigenvalue weighted by atomic mass is 9.72. The highest BCUT2D eigenvalue weighted by Crippen LogP contribution is 2.45. The molecule has 1 aliphatic heterocycles. The zero-order chi connectivity index (χ0) is 32.8. The van der Waals surface area contributed by atoms with Crippen LogP contribution < -0.4 is 10.6 Å². The topological polar surface area (TPSA) is 131 Å². The maximum absolute atomic E-state index is 13.3. The van der Waals surface area contributed by atoms with Crippen molar-refractivity contribution in [1.29, 1.82) is 0 Å². The molecular formula is C34H57ClN6O4Si. The van der Waals surface area contributed by atoms with Crippen molar-refractivity contribution in [3.05, 3.63) is 11.6 Å². The zero-order valence-electron chi connectivity index (χ0n) is 28.5. The number of hydrogen-bond acceptors (Lipinski definition) is 7. The predicted octanol–water partition coefficient (Wildman–Crippen LogP) is 5.79. The number of unbranched alkanes of at least 4 members (excludes halogenated alkanes) is 2. The number of halogens is 1. The Morgan fingerprint density at radius 2 is 1.72 bits per heavy atom. The molecule has 3 N–H and O–H groups in total. The summed E-state index contributed by atoms with van der Waals surface area (Å²) in [5, 5.41) is 15.5. The number of nitrogens with one attached hydrogen (secondary N) is 2. The Morgan fingerprint density at radius 3 is 2.43 bits per heavy atom. The van der Waals surface area contributed by atoms with Gasteiger partial charge in [-0.15, -0.1) is 21.8 Å². The average Bonchev–Trinajstić information content (AvgIpc) is 3.36. The van der Waals surface area contributed by atoms with E-state index in [1.807, 2.05) is 27.1 Å². The number of aryl methyl sites for hydroxylation is 1. The Kier molecular flexibility index (Phi) is 12.4. The largest absolute Gasteiger partial charge is 0.432 e. The summed E-state index contributed by atoms with van der Waals surface area (Å²) in [4.78, 5) is 41.9. The second-order valence-electron chi connectivity index (χ2n) is 15.0. The molecule has 10 nitrogen and oxygen atoms in total. The second-order valence-corrected chi connectivity index (χ2v) is 19.7. The average molecular weight is 677 g/mol. The molecule has 5 unspecified atom stereocenters. The molecule has 0 bridgehead atoms. The number of alkyl halides is 1. The molecule has 12 heteroatoms. The minimum Gasteiger partial charge on any atom is -0.432 e. The molecule has 0 saturated heterocycles. The minimum absolute atomic E-state index is 0.0140. The molecule has 5 rings (SSSR count). The van der Waals surface area contributed by atoms with Gasteiger partial charge in [0.2, 0.25) is 11.8 Å². The first-order valence-corrected chi connectivity index (χ1v) is 21.4. The Hall–Kier alpha value is -1.82. The molecule has 3 fully saturated rings. The summed E-state index contributed by atoms with van der Waals surface area (Å²) in [7, 11) is -0.395. The molecule has 0 radical (unpaired) electrons. The maximum Gasteiger partial charge on any atom is 0.223 e. The van der Waals surface area contributed by atoms with Gasteiger partial charge in [-0.05, 0) is 109 Å². The van der Waals surface area contributed by atoms with Crippen LogP contribution >= 0.6 is 11.6 Å². The van der Waals surface area contributed by atoms with Crippen molar-refractivity contribution in [1.82, 2.24) is 25.4 Å². The number of rotatable bonds is 12. The van der Waals surface area contributed by atoms with Crippen molar-refractivity contribution >= 4 is 37.4 Å². The smallest absolute Gasteiger partial charge is 0.223 e. The third-order valence-electron chi connectivity index (χ3n) is 11.3. The Balaban J connectivity index is 1.13. The molecule has 3 saturated carbocycles. The monoisotopic (exact) mass is 676 g/mol. The van der Waals surface area contributed by atoms with E-state index in [-0.39, 0.29) is 53.6 Å². The molecular weight excluding hydrogens is 620 g/mol. The van der Waals surface area contributed by atoms with Crippen molar-refractivity contribution in [2.24, 2.45) is 22.7 Å². The number of methoxy groups -OCH3 is 1. The van der Waals surface area contributed by atoms with Crippen LogP contribution in [0.4, 0.5) is 0 Å². The molecule has 46 heavy (non-hydrogen) atoms. The van der Waals surface area contributed by atoms with Gasteiger partial charge in [0.15, 0.2) is 14.1 Å². The van der Waals surface area contributed by atoms with Gasteiger partial charge in [0.1, 0.15) is 11.9 Å². The van der Waals surface area contributed by atoms with Crippen LogP contribution in [0.1, 0.15) is 120 Å². The van der Waals surface area contributed by atoms with Gasteiger partial charge >= 0.3 is 0 Å². The van der Waals surface area contributed by atoms with Crippen LogP contribution in [-0.4, -0.2) is 77.1 Å². The zero-order valence-corrected chi connectivity index (χ0v) is 30.2. The molecule has 258 valence electrons. The fourth-order valence-corrected chi connectivity index (χ4v) is 10.6. The lowest BCUT2D eigenvalue weighted by molar-refractivity contribution is -0.126. The van der Waals surface area contributed by atoms with E-state index in [0.717, 1.165) is 102 Å². The van der Waals surface area contributed by atoms with E-state index in [4.69, 9.17) is 21.3 Å². The predicted molar refractivity (Wildman–Crippen MR) is 184 cm³/mol. The first kappa shape index (κ1) is 35.5. The summed E-state index contributed by atoms with van der Waals surface area (Å²) in [6, 6.07) is -0.120. The fourth-order valence-electron chi connectivity index (χ4n) is 8.53. The summed E-state index contributed by atoms with van der Waals surface area (Å²) in [6.45, 7) is 7.24. The molecule has 1 aromatic rings. The Labute approximate surface area is 281 Å². The number of carbonyl (C=O) groups excluding carboxylic acids is 2. The molecule has 6 atom stereocenters. The summed E-state index contributed by atoms with van der Waals surface area (Å²) in [5.41, 5.74) is 1.56. The van der Waals surface area contributed by atoms with E-state index in [1.165, 1.54) is 5.71 Å². The van der Waals surface area contributed by atoms with Gasteiger partial charge < -0.3 is 24.7 Å². The van der Waals surface area contributed by atoms with Gasteiger partial charge in [0.25, 0.3) is 0 Å². The number of hydrogen-bond donors (Lipinski definition) is 3. The quantitative estimate of drug-likeness (QED) is 0.146. The number of nitrogens with zero attached hydrogens (tertiary/aromatic N) is 4. The van der Waals surface area contributed by atoms with Gasteiger partial charge in [0.05, 0.1) is 12.5 Å². The van der Waals surface area contributed by atoms with Crippen molar-refractivity contribution in [2.45, 2.75) is 145 Å². The van der Waals surface area contributed by atoms with Gasteiger partial charge in [0, 0.05) is 49.2 Å². The van der Waals surface area contributed by atoms with Crippen LogP contribution in [0, 0.1) is 24.7 Å². The highest BCUT2D eigenvalue weighted by Gasteiger charge is 2.43. The molecule has 4 aliphatic rings. The van der Waals surface area contributed by atoms with E-state index < -0.39 is 8.32 Å². The molecule has 1 aromatic heterocycles. The van der Waals surface area contributed by atoms with Crippen LogP contribution in [0.3, 0.4) is 0 Å². The number of aliphatic imine (C=N–C) groups is 1. The lowest BCUT2D eigenvalue weighted by Crippen LogP contribution is -2.40. The van der Waals surface area contributed by atoms with Crippen LogP contribution in [0.25, 0.3) is 0 Å². The van der Waals surface area contributed by atoms with E-state index >= 15 is 0 Å². The lowest BCUT2D eigenvalue weighted by Gasteiger charge is -2.39. The SMILES string of the molecule is COC1CCC2C(C1)C(C1CCC(Cl)CC1)=N[C@@H](CC(=O)NCCCCCNC(=O)C1CCCC([Si](C)(C)O)C1)c1nnc(C)n12. The number of fused-ring (bicyclic) bond motifs is 3. The summed E-state index contributed by atoms with van der Waals surface area (Å²) >= 11 is 6.50. The number of ether oxygens (including phenoxy) is 1. The van der Waals surface area contributed by atoms with E-state index in [9.17, 15) is 14.4 Å². The summed E-state index contributed by atoms with van der Waals surface area (Å²) in [5.74, 6) is 2.48. The van der Waals surface area contributed by atoms with Crippen molar-refractivity contribution in [2.75, 3.05) is 20.2 Å². The van der Waals surface area contributed by atoms with E-state index in [0.29, 0.717) is 24.5 Å². The first-order valence-electron chi connectivity index (χ1n) is 18.0. The number of aromatic nitrogens is 3. The highest BCUT2D eigenvalue weighted by molar-refractivity contribution is 6.71. The maximum atomic E-state index is 13.3. The van der Waals surface area contributed by atoms with Gasteiger partial charge in [-0.3, -0.25) is 14.6 Å². The van der Waals surface area contributed by atoms with Crippen LogP contribution in [0.2, 0.25) is 18.6 Å². The molecule has 0 aromatic carbocycles. The van der Waals surface area contributed by atoms with Crippen LogP contribution in [-0.2, 0) is 14.3 Å². The highest BCUT2D eigenvalue weighted by atomic mass is 35.5. The van der Waals surface area contributed by atoms with Crippen LogP contribution in [0.15, 0.2) is 4.99 Å². The van der Waals surface area contributed by atoms with Crippen molar-refractivity contribution in [3.8, 4) is 0 Å². The third kappa shape index (κ3) is 8.79. The minimum atomic E-state index is -2.20. The Bertz CT molecular complexity index is 1210. The van der Waals surface area contributed by atoms with E-state index in [1.54, 1.807) is 0 Å². The van der Waals surface area contributed by atoms with E-state index in [2.05, 4.69) is 25.4 Å². The van der Waals surface area contributed by atoms with Gasteiger partial charge in [-0.1, -0.05) is 12.8 Å². The van der Waals surface area contributed by atoms with Gasteiger partial charge in [-0.2, -0.15) is 0 Å². The number of amides is 2. The molecule has 3 aliphatic carbocycles. The Morgan fingerprint density at radius 1 is 0.978 bits per heavy atom. The van der Waals surface area contributed by atoms with Crippen molar-refractivity contribution in [3.63, 3.8) is 0 Å². The summed E-state index contributed by atoms with van der Waals surface area (Å²) in [6.07, 6.45) is 13.9. The van der Waals surface area contributed by atoms with Gasteiger partial charge in [-0.25, -0.2) is 0 Å². The first-order chi connectivity index (χ1) is 22.0. The standard InChI is InChI=1S/C34H57ClN6O4Si/c1-22-39-40-33-29(38-32(23-11-13-25(35)14-12-23)28-20-26(45-2)15-16-30(28)41(22)33)21-31(42)36-17-6-5-7-18-37-34(43)24-9-8-10-27(19-24)46(3,4)44/h23-30,44H,5-21H2,1-4H3,(H,36,42)(H,37,43)/t23?,24?,25?,26?,27?,28?,29-,30?/m0/s1. The normalized spacial score (nSPS) is 31.7. The molecule has 2 amide bonds. The fraction of sp³-hybridized carbons (Fsp3) is 0.853. The number of carbonyl (C=O) groups is 2. The molecule has 0 spiro atoms. The molecule has 2 heterocycles.